The van der Waals surface area contributed by atoms with Crippen LogP contribution in [0.4, 0.5) is 0 Å². The second-order valence-corrected chi connectivity index (χ2v) is 4.90. The summed E-state index contributed by atoms with van der Waals surface area (Å²) in [5, 5.41) is 7.17. The van der Waals surface area contributed by atoms with Crippen LogP contribution in [0.3, 0.4) is 0 Å². The van der Waals surface area contributed by atoms with Crippen molar-refractivity contribution in [3.05, 3.63) is 59.0 Å². The van der Waals surface area contributed by atoms with Crippen molar-refractivity contribution < 1.29 is 4.74 Å². The lowest BCUT2D eigenvalue weighted by Gasteiger charge is -2.07. The Morgan fingerprint density at radius 3 is 2.67 bits per heavy atom. The van der Waals surface area contributed by atoms with E-state index < -0.39 is 0 Å². The molecule has 1 N–H and O–H groups in total. The van der Waals surface area contributed by atoms with Crippen LogP contribution >= 0.6 is 12.2 Å². The highest BCUT2D eigenvalue weighted by atomic mass is 32.1. The van der Waals surface area contributed by atoms with E-state index in [1.54, 1.807) is 13.3 Å². The summed E-state index contributed by atoms with van der Waals surface area (Å²) in [6.07, 6.45) is 1.78. The van der Waals surface area contributed by atoms with Gasteiger partial charge >= 0.3 is 0 Å². The van der Waals surface area contributed by atoms with Crippen molar-refractivity contribution in [2.45, 2.75) is 6.54 Å². The van der Waals surface area contributed by atoms with E-state index in [0.29, 0.717) is 17.2 Å². The predicted molar refractivity (Wildman–Crippen MR) is 82.7 cm³/mol. The molecule has 0 aliphatic carbocycles. The Morgan fingerprint density at radius 2 is 2.00 bits per heavy atom. The number of rotatable bonds is 4. The largest absolute Gasteiger partial charge is 0.481 e. The Kier molecular flexibility index (Phi) is 3.79. The van der Waals surface area contributed by atoms with Gasteiger partial charge in [0.25, 0.3) is 0 Å². The van der Waals surface area contributed by atoms with E-state index in [-0.39, 0.29) is 0 Å². The molecule has 3 rings (SSSR count). The van der Waals surface area contributed by atoms with Crippen molar-refractivity contribution in [1.29, 1.82) is 0 Å². The zero-order valence-electron chi connectivity index (χ0n) is 11.5. The molecule has 3 aromatic rings. The fourth-order valence-corrected chi connectivity index (χ4v) is 2.28. The Labute approximate surface area is 127 Å². The number of nitrogens with zero attached hydrogens (tertiary/aromatic N) is 3. The van der Waals surface area contributed by atoms with Gasteiger partial charge < -0.3 is 4.74 Å². The van der Waals surface area contributed by atoms with Crippen molar-refractivity contribution in [1.82, 2.24) is 19.7 Å². The highest BCUT2D eigenvalue weighted by Crippen LogP contribution is 2.18. The minimum atomic E-state index is 0.588. The van der Waals surface area contributed by atoms with E-state index in [0.717, 1.165) is 17.0 Å². The van der Waals surface area contributed by atoms with Crippen molar-refractivity contribution >= 4 is 12.2 Å². The summed E-state index contributed by atoms with van der Waals surface area (Å²) in [5.74, 6) is 1.41. The van der Waals surface area contributed by atoms with Crippen LogP contribution in [-0.4, -0.2) is 26.9 Å². The smallest absolute Gasteiger partial charge is 0.212 e. The molecule has 2 heterocycles. The first-order valence-electron chi connectivity index (χ1n) is 6.47. The summed E-state index contributed by atoms with van der Waals surface area (Å²) in [6.45, 7) is 0.608. The summed E-state index contributed by atoms with van der Waals surface area (Å²) < 4.78 is 7.60. The van der Waals surface area contributed by atoms with Gasteiger partial charge in [-0.05, 0) is 17.8 Å². The number of methoxy groups -OCH3 is 1. The minimum absolute atomic E-state index is 0.588. The number of ether oxygens (including phenoxy) is 1. The third-order valence-corrected chi connectivity index (χ3v) is 3.45. The highest BCUT2D eigenvalue weighted by molar-refractivity contribution is 7.71. The van der Waals surface area contributed by atoms with Gasteiger partial charge in [0.2, 0.25) is 5.88 Å². The van der Waals surface area contributed by atoms with Gasteiger partial charge in [-0.3, -0.25) is 9.67 Å². The number of hydrogen-bond acceptors (Lipinski definition) is 4. The molecule has 1 aromatic carbocycles. The number of aromatic amines is 1. The summed E-state index contributed by atoms with van der Waals surface area (Å²) >= 11 is 5.32. The summed E-state index contributed by atoms with van der Waals surface area (Å²) in [5.41, 5.74) is 2.05. The third kappa shape index (κ3) is 2.85. The van der Waals surface area contributed by atoms with Crippen LogP contribution in [0, 0.1) is 4.77 Å². The molecule has 0 atom stereocenters. The van der Waals surface area contributed by atoms with E-state index in [9.17, 15) is 0 Å². The lowest BCUT2D eigenvalue weighted by molar-refractivity contribution is 0.397. The Balaban J connectivity index is 1.95. The minimum Gasteiger partial charge on any atom is -0.481 e. The Bertz CT molecular complexity index is 777. The molecule has 106 valence electrons. The first kappa shape index (κ1) is 13.5. The molecule has 0 fully saturated rings. The van der Waals surface area contributed by atoms with Gasteiger partial charge in [-0.25, -0.2) is 4.98 Å². The molecule has 0 saturated heterocycles. The summed E-state index contributed by atoms with van der Waals surface area (Å²) in [6, 6.07) is 13.7. The Hall–Kier alpha value is -2.47. The van der Waals surface area contributed by atoms with Gasteiger partial charge in [0.1, 0.15) is 0 Å². The molecule has 2 aromatic heterocycles. The monoisotopic (exact) mass is 298 g/mol. The van der Waals surface area contributed by atoms with E-state index in [4.69, 9.17) is 17.0 Å². The molecular formula is C15H14N4OS. The second-order valence-electron chi connectivity index (χ2n) is 4.51. The van der Waals surface area contributed by atoms with Gasteiger partial charge in [-0.2, -0.15) is 5.10 Å². The lowest BCUT2D eigenvalue weighted by Crippen LogP contribution is -2.03. The summed E-state index contributed by atoms with van der Waals surface area (Å²) in [4.78, 5) is 4.21. The molecular weight excluding hydrogens is 284 g/mol. The Morgan fingerprint density at radius 1 is 1.19 bits per heavy atom. The molecule has 0 aliphatic heterocycles. The van der Waals surface area contributed by atoms with E-state index >= 15 is 0 Å². The molecule has 0 spiro atoms. The molecule has 0 bridgehead atoms. The van der Waals surface area contributed by atoms with E-state index in [1.807, 2.05) is 47.0 Å². The van der Waals surface area contributed by atoms with Gasteiger partial charge in [0.05, 0.1) is 13.7 Å². The first-order chi connectivity index (χ1) is 10.3. The average molecular weight is 298 g/mol. The van der Waals surface area contributed by atoms with Crippen molar-refractivity contribution in [3.8, 4) is 17.3 Å². The first-order valence-corrected chi connectivity index (χ1v) is 6.88. The number of aromatic nitrogens is 4. The third-order valence-electron chi connectivity index (χ3n) is 3.14. The SMILES string of the molecule is COc1ccc(Cn2c(-c3ccccc3)n[nH]c2=S)cn1. The molecule has 21 heavy (non-hydrogen) atoms. The van der Waals surface area contributed by atoms with Gasteiger partial charge in [-0.15, -0.1) is 0 Å². The summed E-state index contributed by atoms with van der Waals surface area (Å²) in [7, 11) is 1.60. The van der Waals surface area contributed by atoms with Crippen LogP contribution in [0.25, 0.3) is 11.4 Å². The van der Waals surface area contributed by atoms with Gasteiger partial charge in [0, 0.05) is 17.8 Å². The predicted octanol–water partition coefficient (Wildman–Crippen LogP) is 3.06. The van der Waals surface area contributed by atoms with Crippen molar-refractivity contribution in [2.24, 2.45) is 0 Å². The maximum atomic E-state index is 5.32. The molecule has 0 amide bonds. The molecule has 0 unspecified atom stereocenters. The average Bonchev–Trinajstić information content (AvgIpc) is 2.90. The normalized spacial score (nSPS) is 10.5. The van der Waals surface area contributed by atoms with Crippen molar-refractivity contribution in [3.63, 3.8) is 0 Å². The van der Waals surface area contributed by atoms with Crippen LogP contribution in [0.2, 0.25) is 0 Å². The number of hydrogen-bond donors (Lipinski definition) is 1. The fraction of sp³-hybridized carbons (Fsp3) is 0.133. The van der Waals surface area contributed by atoms with Crippen LogP contribution in [0.1, 0.15) is 5.56 Å². The zero-order chi connectivity index (χ0) is 14.7. The lowest BCUT2D eigenvalue weighted by atomic mass is 10.2. The number of nitrogens with one attached hydrogen (secondary N) is 1. The molecule has 0 saturated carbocycles. The zero-order valence-corrected chi connectivity index (χ0v) is 12.3. The van der Waals surface area contributed by atoms with Crippen LogP contribution in [-0.2, 0) is 6.54 Å². The van der Waals surface area contributed by atoms with E-state index in [1.165, 1.54) is 0 Å². The van der Waals surface area contributed by atoms with Crippen LogP contribution in [0.5, 0.6) is 5.88 Å². The number of H-pyrrole nitrogens is 1. The standard InChI is InChI=1S/C15H14N4OS/c1-20-13-8-7-11(9-16-13)10-19-14(17-18-15(19)21)12-5-3-2-4-6-12/h2-9H,10H2,1H3,(H,18,21). The fourth-order valence-electron chi connectivity index (χ4n) is 2.08. The maximum Gasteiger partial charge on any atom is 0.212 e. The molecule has 6 heteroatoms. The van der Waals surface area contributed by atoms with Crippen LogP contribution < -0.4 is 4.74 Å². The topological polar surface area (TPSA) is 55.7 Å². The molecule has 0 radical (unpaired) electrons. The maximum absolute atomic E-state index is 5.32. The van der Waals surface area contributed by atoms with E-state index in [2.05, 4.69) is 15.2 Å². The quantitative estimate of drug-likeness (QED) is 0.752. The van der Waals surface area contributed by atoms with Crippen LogP contribution in [0.15, 0.2) is 48.7 Å². The highest BCUT2D eigenvalue weighted by Gasteiger charge is 2.09. The van der Waals surface area contributed by atoms with Crippen molar-refractivity contribution in [2.75, 3.05) is 7.11 Å². The molecule has 5 nitrogen and oxygen atoms in total. The number of benzene rings is 1. The van der Waals surface area contributed by atoms with Gasteiger partial charge in [-0.1, -0.05) is 36.4 Å². The molecule has 0 aliphatic rings. The second kappa shape index (κ2) is 5.88. The van der Waals surface area contributed by atoms with Gasteiger partial charge in [0.15, 0.2) is 10.6 Å². The number of pyridine rings is 1.